The largest absolute Gasteiger partial charge is 0.384 e. The second-order valence-electron chi connectivity index (χ2n) is 5.32. The molecule has 0 saturated carbocycles. The topological polar surface area (TPSA) is 64.3 Å². The standard InChI is InChI=1S/C14H24N4O/c1-3-13(15)6-12-7-16-14(17-8-12)18-5-4-11(9-18)10-19-2/h7-8,11,13H,3-6,9-10,15H2,1-2H3. The molecule has 19 heavy (non-hydrogen) atoms. The molecule has 2 heterocycles. The molecule has 0 bridgehead atoms. The second kappa shape index (κ2) is 6.82. The van der Waals surface area contributed by atoms with Crippen LogP contribution in [0.2, 0.25) is 0 Å². The van der Waals surface area contributed by atoms with Gasteiger partial charge in [-0.05, 0) is 24.8 Å². The molecule has 1 aliphatic rings. The van der Waals surface area contributed by atoms with E-state index >= 15 is 0 Å². The zero-order chi connectivity index (χ0) is 13.7. The molecule has 1 fully saturated rings. The summed E-state index contributed by atoms with van der Waals surface area (Å²) in [6.45, 7) is 4.92. The van der Waals surface area contributed by atoms with Crippen LogP contribution in [-0.2, 0) is 11.2 Å². The minimum atomic E-state index is 0.201. The quantitative estimate of drug-likeness (QED) is 0.837. The van der Waals surface area contributed by atoms with Gasteiger partial charge in [-0.2, -0.15) is 0 Å². The van der Waals surface area contributed by atoms with Crippen molar-refractivity contribution in [3.8, 4) is 0 Å². The Bertz CT molecular complexity index is 382. The maximum Gasteiger partial charge on any atom is 0.225 e. The minimum absolute atomic E-state index is 0.201. The van der Waals surface area contributed by atoms with Gasteiger partial charge in [-0.25, -0.2) is 9.97 Å². The molecule has 2 N–H and O–H groups in total. The second-order valence-corrected chi connectivity index (χ2v) is 5.32. The lowest BCUT2D eigenvalue weighted by atomic mass is 10.1. The van der Waals surface area contributed by atoms with Crippen molar-refractivity contribution < 1.29 is 4.74 Å². The summed E-state index contributed by atoms with van der Waals surface area (Å²) >= 11 is 0. The zero-order valence-electron chi connectivity index (χ0n) is 11.9. The smallest absolute Gasteiger partial charge is 0.225 e. The number of nitrogens with zero attached hydrogens (tertiary/aromatic N) is 3. The summed E-state index contributed by atoms with van der Waals surface area (Å²) in [5.41, 5.74) is 7.05. The maximum absolute atomic E-state index is 5.94. The molecular weight excluding hydrogens is 240 g/mol. The number of rotatable bonds is 6. The van der Waals surface area contributed by atoms with E-state index in [4.69, 9.17) is 10.5 Å². The van der Waals surface area contributed by atoms with Gasteiger partial charge in [0.2, 0.25) is 5.95 Å². The molecule has 5 nitrogen and oxygen atoms in total. The van der Waals surface area contributed by atoms with E-state index in [0.29, 0.717) is 5.92 Å². The third-order valence-corrected chi connectivity index (χ3v) is 3.69. The fraction of sp³-hybridized carbons (Fsp3) is 0.714. The molecule has 0 aromatic carbocycles. The van der Waals surface area contributed by atoms with E-state index in [1.54, 1.807) is 7.11 Å². The highest BCUT2D eigenvalue weighted by Crippen LogP contribution is 2.20. The number of ether oxygens (including phenoxy) is 1. The summed E-state index contributed by atoms with van der Waals surface area (Å²) in [6.07, 6.45) is 6.79. The first-order chi connectivity index (χ1) is 9.22. The van der Waals surface area contributed by atoms with Crippen LogP contribution in [0.25, 0.3) is 0 Å². The lowest BCUT2D eigenvalue weighted by molar-refractivity contribution is 0.161. The van der Waals surface area contributed by atoms with Crippen LogP contribution in [0.3, 0.4) is 0 Å². The molecule has 2 atom stereocenters. The van der Waals surface area contributed by atoms with Crippen molar-refractivity contribution in [3.05, 3.63) is 18.0 Å². The fourth-order valence-corrected chi connectivity index (χ4v) is 2.45. The van der Waals surface area contributed by atoms with E-state index < -0.39 is 0 Å². The first-order valence-electron chi connectivity index (χ1n) is 7.03. The van der Waals surface area contributed by atoms with Crippen LogP contribution in [0.15, 0.2) is 12.4 Å². The SMILES string of the molecule is CCC(N)Cc1cnc(N2CCC(COC)C2)nc1. The Morgan fingerprint density at radius 3 is 2.84 bits per heavy atom. The predicted molar refractivity (Wildman–Crippen MR) is 76.2 cm³/mol. The maximum atomic E-state index is 5.94. The van der Waals surface area contributed by atoms with Crippen LogP contribution >= 0.6 is 0 Å². The number of nitrogens with two attached hydrogens (primary N) is 1. The molecule has 1 saturated heterocycles. The Kier molecular flexibility index (Phi) is 5.10. The summed E-state index contributed by atoms with van der Waals surface area (Å²) in [5.74, 6) is 1.43. The van der Waals surface area contributed by atoms with Crippen LogP contribution in [0.5, 0.6) is 0 Å². The molecule has 1 aliphatic heterocycles. The molecular formula is C14H24N4O. The van der Waals surface area contributed by atoms with Crippen molar-refractivity contribution in [2.24, 2.45) is 11.7 Å². The molecule has 0 amide bonds. The van der Waals surface area contributed by atoms with Crippen molar-refractivity contribution in [1.29, 1.82) is 0 Å². The summed E-state index contributed by atoms with van der Waals surface area (Å²) in [5, 5.41) is 0. The summed E-state index contributed by atoms with van der Waals surface area (Å²) in [6, 6.07) is 0.201. The molecule has 0 aliphatic carbocycles. The lowest BCUT2D eigenvalue weighted by Gasteiger charge is -2.16. The summed E-state index contributed by atoms with van der Waals surface area (Å²) < 4.78 is 5.20. The van der Waals surface area contributed by atoms with Gasteiger partial charge in [0.15, 0.2) is 0 Å². The number of hydrogen-bond donors (Lipinski definition) is 1. The average molecular weight is 264 g/mol. The molecule has 2 rings (SSSR count). The van der Waals surface area contributed by atoms with Gasteiger partial charge < -0.3 is 15.4 Å². The first kappa shape index (κ1) is 14.2. The van der Waals surface area contributed by atoms with E-state index in [9.17, 15) is 0 Å². The highest BCUT2D eigenvalue weighted by molar-refractivity contribution is 5.31. The van der Waals surface area contributed by atoms with E-state index in [-0.39, 0.29) is 6.04 Å². The van der Waals surface area contributed by atoms with E-state index in [1.165, 1.54) is 0 Å². The number of aromatic nitrogens is 2. The zero-order valence-corrected chi connectivity index (χ0v) is 11.9. The van der Waals surface area contributed by atoms with Gasteiger partial charge in [0.25, 0.3) is 0 Å². The third-order valence-electron chi connectivity index (χ3n) is 3.69. The van der Waals surface area contributed by atoms with Crippen molar-refractivity contribution in [2.45, 2.75) is 32.2 Å². The summed E-state index contributed by atoms with van der Waals surface area (Å²) in [4.78, 5) is 11.2. The molecule has 5 heteroatoms. The van der Waals surface area contributed by atoms with Crippen molar-refractivity contribution in [1.82, 2.24) is 9.97 Å². The average Bonchev–Trinajstić information content (AvgIpc) is 2.88. The van der Waals surface area contributed by atoms with Crippen LogP contribution in [-0.4, -0.2) is 42.8 Å². The van der Waals surface area contributed by atoms with Gasteiger partial charge in [-0.3, -0.25) is 0 Å². The number of methoxy groups -OCH3 is 1. The molecule has 1 aromatic heterocycles. The Hall–Kier alpha value is -1.20. The molecule has 2 unspecified atom stereocenters. The first-order valence-corrected chi connectivity index (χ1v) is 7.03. The van der Waals surface area contributed by atoms with E-state index in [2.05, 4.69) is 21.8 Å². The Morgan fingerprint density at radius 2 is 2.21 bits per heavy atom. The van der Waals surface area contributed by atoms with Crippen molar-refractivity contribution in [2.75, 3.05) is 31.7 Å². The highest BCUT2D eigenvalue weighted by atomic mass is 16.5. The molecule has 1 aromatic rings. The van der Waals surface area contributed by atoms with Gasteiger partial charge >= 0.3 is 0 Å². The number of anilines is 1. The highest BCUT2D eigenvalue weighted by Gasteiger charge is 2.24. The number of hydrogen-bond acceptors (Lipinski definition) is 5. The predicted octanol–water partition coefficient (Wildman–Crippen LogP) is 1.23. The van der Waals surface area contributed by atoms with Gasteiger partial charge in [0, 0.05) is 44.6 Å². The van der Waals surface area contributed by atoms with Crippen LogP contribution in [0.4, 0.5) is 5.95 Å². The van der Waals surface area contributed by atoms with Crippen LogP contribution in [0, 0.1) is 5.92 Å². The van der Waals surface area contributed by atoms with Crippen LogP contribution < -0.4 is 10.6 Å². The van der Waals surface area contributed by atoms with E-state index in [1.807, 2.05) is 12.4 Å². The van der Waals surface area contributed by atoms with Crippen LogP contribution in [0.1, 0.15) is 25.3 Å². The van der Waals surface area contributed by atoms with E-state index in [0.717, 1.165) is 50.5 Å². The molecule has 0 radical (unpaired) electrons. The monoisotopic (exact) mass is 264 g/mol. The Labute approximate surface area is 115 Å². The van der Waals surface area contributed by atoms with Gasteiger partial charge in [-0.15, -0.1) is 0 Å². The van der Waals surface area contributed by atoms with Gasteiger partial charge in [-0.1, -0.05) is 6.92 Å². The molecule has 106 valence electrons. The van der Waals surface area contributed by atoms with Crippen molar-refractivity contribution in [3.63, 3.8) is 0 Å². The Balaban J connectivity index is 1.92. The normalized spacial score (nSPS) is 20.8. The molecule has 0 spiro atoms. The fourth-order valence-electron chi connectivity index (χ4n) is 2.45. The summed E-state index contributed by atoms with van der Waals surface area (Å²) in [7, 11) is 1.75. The van der Waals surface area contributed by atoms with Gasteiger partial charge in [0.1, 0.15) is 0 Å². The van der Waals surface area contributed by atoms with Crippen molar-refractivity contribution >= 4 is 5.95 Å². The third kappa shape index (κ3) is 3.88. The Morgan fingerprint density at radius 1 is 1.47 bits per heavy atom. The minimum Gasteiger partial charge on any atom is -0.384 e. The van der Waals surface area contributed by atoms with Gasteiger partial charge in [0.05, 0.1) is 6.61 Å². The lowest BCUT2D eigenvalue weighted by Crippen LogP contribution is -2.24.